The molecule has 0 unspecified atom stereocenters. The molecule has 0 radical (unpaired) electrons. The van der Waals surface area contributed by atoms with E-state index in [-0.39, 0.29) is 35.8 Å². The summed E-state index contributed by atoms with van der Waals surface area (Å²) in [7, 11) is -4.22. The Morgan fingerprint density at radius 2 is 1.95 bits per heavy atom. The van der Waals surface area contributed by atoms with Gasteiger partial charge < -0.3 is 24.9 Å². The second-order valence-corrected chi connectivity index (χ2v) is 14.4. The van der Waals surface area contributed by atoms with E-state index in [4.69, 9.17) is 0 Å². The molecular formula is C30H32N5O6PS. The third-order valence-corrected chi connectivity index (χ3v) is 10.8. The number of rotatable bonds is 6. The zero-order valence-corrected chi connectivity index (χ0v) is 25.3. The van der Waals surface area contributed by atoms with Crippen LogP contribution < -0.4 is 5.32 Å². The molecule has 3 fully saturated rings. The molecule has 6 rings (SSSR count). The summed E-state index contributed by atoms with van der Waals surface area (Å²) in [6, 6.07) is 7.55. The third kappa shape index (κ3) is 5.83. The normalized spacial score (nSPS) is 22.6. The van der Waals surface area contributed by atoms with E-state index in [1.54, 1.807) is 46.5 Å². The molecule has 3 atom stereocenters. The molecule has 5 heterocycles. The number of likely N-dealkylation sites (tertiary alicyclic amines) is 1. The first kappa shape index (κ1) is 29.5. The summed E-state index contributed by atoms with van der Waals surface area (Å²) in [6.07, 6.45) is 6.30. The molecule has 3 saturated heterocycles. The van der Waals surface area contributed by atoms with Gasteiger partial charge in [0.2, 0.25) is 11.8 Å². The van der Waals surface area contributed by atoms with Gasteiger partial charge in [-0.1, -0.05) is 6.07 Å². The van der Waals surface area contributed by atoms with Crippen molar-refractivity contribution in [2.24, 2.45) is 0 Å². The van der Waals surface area contributed by atoms with Gasteiger partial charge in [-0.25, -0.2) is 0 Å². The van der Waals surface area contributed by atoms with Crippen molar-refractivity contribution < 1.29 is 28.7 Å². The molecular weight excluding hydrogens is 589 g/mol. The van der Waals surface area contributed by atoms with Crippen LogP contribution in [0.4, 0.5) is 0 Å². The molecule has 1 aromatic carbocycles. The van der Waals surface area contributed by atoms with Crippen LogP contribution in [0.1, 0.15) is 69.9 Å². The maximum absolute atomic E-state index is 13.8. The predicted octanol–water partition coefficient (Wildman–Crippen LogP) is 3.42. The Balaban J connectivity index is 1.13. The highest BCUT2D eigenvalue weighted by atomic mass is 32.1. The van der Waals surface area contributed by atoms with Gasteiger partial charge >= 0.3 is 7.60 Å². The van der Waals surface area contributed by atoms with Crippen LogP contribution in [0.5, 0.6) is 0 Å². The number of hydrogen-bond donors (Lipinski definition) is 3. The number of thiophene rings is 1. The number of pyridine rings is 1. The van der Waals surface area contributed by atoms with Gasteiger partial charge in [0.15, 0.2) is 0 Å². The molecule has 0 spiro atoms. The molecule has 0 aliphatic carbocycles. The maximum Gasteiger partial charge on any atom is 0.329 e. The first-order chi connectivity index (χ1) is 20.5. The smallest absolute Gasteiger partial charge is 0.329 e. The van der Waals surface area contributed by atoms with Crippen molar-refractivity contribution in [2.45, 2.75) is 69.2 Å². The van der Waals surface area contributed by atoms with Gasteiger partial charge in [0.05, 0.1) is 16.6 Å². The molecule has 3 amide bonds. The first-order valence-electron chi connectivity index (χ1n) is 14.4. The van der Waals surface area contributed by atoms with E-state index in [1.165, 1.54) is 11.3 Å². The van der Waals surface area contributed by atoms with Gasteiger partial charge in [-0.2, -0.15) is 5.26 Å². The number of amides is 3. The van der Waals surface area contributed by atoms with Gasteiger partial charge in [0, 0.05) is 42.1 Å². The van der Waals surface area contributed by atoms with E-state index in [2.05, 4.69) is 16.4 Å². The summed E-state index contributed by atoms with van der Waals surface area (Å²) in [4.78, 5) is 67.4. The third-order valence-electron chi connectivity index (χ3n) is 8.88. The topological polar surface area (TPSA) is 164 Å². The molecule has 3 aromatic rings. The van der Waals surface area contributed by atoms with Crippen molar-refractivity contribution in [1.82, 2.24) is 20.1 Å². The second kappa shape index (κ2) is 11.5. The molecule has 43 heavy (non-hydrogen) atoms. The quantitative estimate of drug-likeness (QED) is 0.353. The van der Waals surface area contributed by atoms with Crippen LogP contribution in [0, 0.1) is 18.3 Å². The van der Waals surface area contributed by atoms with Crippen LogP contribution in [0.15, 0.2) is 36.7 Å². The summed E-state index contributed by atoms with van der Waals surface area (Å²) < 4.78 is 12.2. The highest BCUT2D eigenvalue weighted by Crippen LogP contribution is 2.40. The minimum absolute atomic E-state index is 0.0315. The second-order valence-electron chi connectivity index (χ2n) is 11.7. The van der Waals surface area contributed by atoms with Crippen molar-refractivity contribution in [2.75, 3.05) is 13.1 Å². The molecule has 3 N–H and O–H groups in total. The van der Waals surface area contributed by atoms with Crippen LogP contribution in [-0.4, -0.2) is 73.5 Å². The lowest BCUT2D eigenvalue weighted by Gasteiger charge is -2.43. The Labute approximate surface area is 252 Å². The molecule has 13 heteroatoms. The summed E-state index contributed by atoms with van der Waals surface area (Å²) in [5, 5.41) is 12.9. The molecule has 224 valence electrons. The monoisotopic (exact) mass is 621 g/mol. The average molecular weight is 622 g/mol. The van der Waals surface area contributed by atoms with Gasteiger partial charge in [0.1, 0.15) is 18.2 Å². The summed E-state index contributed by atoms with van der Waals surface area (Å²) >= 11 is 1.25. The van der Waals surface area contributed by atoms with Crippen molar-refractivity contribution >= 4 is 46.7 Å². The number of hydrogen-bond acceptors (Lipinski definition) is 7. The predicted molar refractivity (Wildman–Crippen MR) is 159 cm³/mol. The summed E-state index contributed by atoms with van der Waals surface area (Å²) in [6.45, 7) is 2.93. The van der Waals surface area contributed by atoms with Crippen LogP contribution in [-0.2, 0) is 20.3 Å². The van der Waals surface area contributed by atoms with Crippen molar-refractivity contribution in [3.63, 3.8) is 0 Å². The Morgan fingerprint density at radius 3 is 2.70 bits per heavy atom. The van der Waals surface area contributed by atoms with E-state index in [0.29, 0.717) is 47.3 Å². The fourth-order valence-electron chi connectivity index (χ4n) is 6.64. The highest BCUT2D eigenvalue weighted by Gasteiger charge is 2.47. The van der Waals surface area contributed by atoms with Crippen LogP contribution >= 0.6 is 18.9 Å². The molecule has 2 aromatic heterocycles. The Kier molecular flexibility index (Phi) is 7.86. The fraction of sp³-hybridized carbons (Fsp3) is 0.433. The fourth-order valence-corrected chi connectivity index (χ4v) is 8.26. The van der Waals surface area contributed by atoms with Gasteiger partial charge in [-0.15, -0.1) is 11.3 Å². The molecule has 3 aliphatic heterocycles. The largest absolute Gasteiger partial charge is 0.340 e. The lowest BCUT2D eigenvalue weighted by atomic mass is 9.88. The first-order valence-corrected chi connectivity index (χ1v) is 17.0. The number of benzene rings is 1. The highest BCUT2D eigenvalue weighted by molar-refractivity contribution is 7.50. The molecule has 3 aliphatic rings. The number of nitrogens with one attached hydrogen (secondary N) is 1. The van der Waals surface area contributed by atoms with E-state index in [9.17, 15) is 34.0 Å². The minimum atomic E-state index is -4.22. The van der Waals surface area contributed by atoms with E-state index >= 15 is 0 Å². The minimum Gasteiger partial charge on any atom is -0.340 e. The number of carbonyl (C=O) groups excluding carboxylic acids is 3. The Bertz CT molecular complexity index is 1710. The van der Waals surface area contributed by atoms with Gasteiger partial charge in [0.25, 0.3) is 5.91 Å². The zero-order valence-electron chi connectivity index (χ0n) is 23.6. The number of fused-ring (bicyclic) bond motifs is 2. The van der Waals surface area contributed by atoms with E-state index in [1.807, 2.05) is 6.92 Å². The van der Waals surface area contributed by atoms with Crippen LogP contribution in [0.3, 0.4) is 0 Å². The SMILES string of the molecule is Cc1c(C#N)cncc1C1CN(C(=O)[C@@H]2CC[C@@H]3CCC[C@H](NC(=O)c4cc5cc(CP(=O)(O)O)ccc5s4)C(=O)N32)C1. The van der Waals surface area contributed by atoms with E-state index in [0.717, 1.165) is 35.1 Å². The lowest BCUT2D eigenvalue weighted by molar-refractivity contribution is -0.148. The van der Waals surface area contributed by atoms with Crippen molar-refractivity contribution in [3.8, 4) is 6.07 Å². The standard InChI is InChI=1S/C30H32N5O6PS/c1-17-20(11-31)12-32-13-23(17)21-14-34(15-21)30(38)25-7-6-22-3-2-4-24(29(37)35(22)25)33-28(36)27-10-19-9-18(16-42(39,40)41)5-8-26(19)43-27/h5,8-10,12-13,21-22,24-25H,2-4,6-7,14-16H2,1H3,(H,33,36)(H2,39,40,41)/t22-,24-,25-/m0/s1. The van der Waals surface area contributed by atoms with Crippen LogP contribution in [0.2, 0.25) is 0 Å². The molecule has 11 nitrogen and oxygen atoms in total. The van der Waals surface area contributed by atoms with Crippen molar-refractivity contribution in [3.05, 3.63) is 63.8 Å². The van der Waals surface area contributed by atoms with E-state index < -0.39 is 19.7 Å². The number of nitrogens with zero attached hydrogens (tertiary/aromatic N) is 4. The summed E-state index contributed by atoms with van der Waals surface area (Å²) in [5.74, 6) is -0.582. The summed E-state index contributed by atoms with van der Waals surface area (Å²) in [5.41, 5.74) is 2.87. The number of carbonyl (C=O) groups is 3. The van der Waals surface area contributed by atoms with Crippen molar-refractivity contribution in [1.29, 1.82) is 5.26 Å². The average Bonchev–Trinajstić information content (AvgIpc) is 3.52. The maximum atomic E-state index is 13.8. The van der Waals surface area contributed by atoms with Gasteiger partial charge in [-0.3, -0.25) is 23.9 Å². The number of aromatic nitrogens is 1. The Hall–Kier alpha value is -3.62. The molecule has 0 bridgehead atoms. The van der Waals surface area contributed by atoms with Crippen LogP contribution in [0.25, 0.3) is 10.1 Å². The lowest BCUT2D eigenvalue weighted by Crippen LogP contribution is -2.58. The number of nitriles is 1. The zero-order chi connectivity index (χ0) is 30.5. The Morgan fingerprint density at radius 1 is 1.16 bits per heavy atom. The molecule has 0 saturated carbocycles. The van der Waals surface area contributed by atoms with Gasteiger partial charge in [-0.05, 0) is 79.3 Å².